The van der Waals surface area contributed by atoms with Crippen molar-refractivity contribution in [2.24, 2.45) is 42.3 Å². The second-order valence-corrected chi connectivity index (χ2v) is 23.5. The summed E-state index contributed by atoms with van der Waals surface area (Å²) in [6.45, 7) is -8.78. The molecular weight excluding hydrogens is 1150 g/mol. The van der Waals surface area contributed by atoms with Gasteiger partial charge in [-0.15, -0.1) is 0 Å². The summed E-state index contributed by atoms with van der Waals surface area (Å²) in [7, 11) is 11.1. The van der Waals surface area contributed by atoms with Crippen molar-refractivity contribution in [3.63, 3.8) is 0 Å². The molecule has 0 unspecified atom stereocenters. The first kappa shape index (κ1) is 41.1. The van der Waals surface area contributed by atoms with E-state index in [1.54, 1.807) is 176 Å². The Labute approximate surface area is 613 Å². The quantitative estimate of drug-likeness (QED) is 0.148. The van der Waals surface area contributed by atoms with Crippen LogP contribution in [-0.4, -0.2) is 0 Å². The number of nitrogens with zero attached hydrogens (tertiary/aromatic N) is 6. The molecule has 0 amide bonds. The third-order valence-corrected chi connectivity index (χ3v) is 16.2. The van der Waals surface area contributed by atoms with Crippen molar-refractivity contribution >= 4 is 0 Å². The predicted octanol–water partition coefficient (Wildman–Crippen LogP) is 18.3. The van der Waals surface area contributed by atoms with Crippen molar-refractivity contribution in [3.05, 3.63) is 320 Å². The van der Waals surface area contributed by atoms with Crippen LogP contribution in [0.1, 0.15) is 136 Å². The van der Waals surface area contributed by atoms with E-state index in [0.29, 0.717) is 28.1 Å². The Morgan fingerprint density at radius 1 is 0.242 bits per heavy atom. The van der Waals surface area contributed by atoms with E-state index in [2.05, 4.69) is 17.6 Å². The van der Waals surface area contributed by atoms with Crippen LogP contribution < -0.4 is 27.4 Å². The van der Waals surface area contributed by atoms with Gasteiger partial charge in [-0.3, -0.25) is 0 Å². The highest BCUT2D eigenvalue weighted by atomic mass is 15.0. The van der Waals surface area contributed by atoms with Crippen molar-refractivity contribution in [1.82, 2.24) is 0 Å². The summed E-state index contributed by atoms with van der Waals surface area (Å²) in [5, 5.41) is 0. The number of aryl methyl sites for hydroxylation is 21. The molecule has 12 aromatic rings. The largest absolute Gasteiger partial charge is 0.215 e. The summed E-state index contributed by atoms with van der Waals surface area (Å²) in [6.07, 6.45) is 8.64. The number of benzene rings is 6. The fraction of sp³-hybridized carbons (Fsp3) is 0.258. The van der Waals surface area contributed by atoms with Gasteiger partial charge >= 0.3 is 0 Å². The van der Waals surface area contributed by atoms with E-state index in [1.165, 1.54) is 12.1 Å². The lowest BCUT2D eigenvalue weighted by Gasteiger charge is -2.08. The topological polar surface area (TPSA) is 23.3 Å². The number of aromatic nitrogens is 6. The molecule has 6 nitrogen and oxygen atoms in total. The zero-order chi connectivity index (χ0) is 94.4. The van der Waals surface area contributed by atoms with Crippen LogP contribution in [0, 0.1) is 117 Å². The fourth-order valence-corrected chi connectivity index (χ4v) is 11.0. The molecule has 6 aromatic heterocycles. The second kappa shape index (κ2) is 33.4. The van der Waals surface area contributed by atoms with E-state index < -0.39 is 68.5 Å². The summed E-state index contributed by atoms with van der Waals surface area (Å²) < 4.78 is 237. The molecule has 0 saturated heterocycles. The molecule has 0 aliphatic heterocycles. The van der Waals surface area contributed by atoms with E-state index >= 15 is 0 Å². The molecular formula is C89H106N6+6. The maximum Gasteiger partial charge on any atom is 0.215 e. The number of pyridine rings is 6. The van der Waals surface area contributed by atoms with Crippen molar-refractivity contribution in [2.45, 2.75) is 117 Å². The third-order valence-electron chi connectivity index (χ3n) is 16.2. The van der Waals surface area contributed by atoms with Crippen molar-refractivity contribution in [1.29, 1.82) is 0 Å². The van der Waals surface area contributed by atoms with Crippen LogP contribution in [0.15, 0.2) is 225 Å². The minimum Gasteiger partial charge on any atom is -0.201 e. The number of hydrogen-bond donors (Lipinski definition) is 0. The molecule has 0 aliphatic carbocycles. The van der Waals surface area contributed by atoms with Gasteiger partial charge in [-0.05, 0) is 215 Å². The number of rotatable bonds is 6. The van der Waals surface area contributed by atoms with E-state index in [4.69, 9.17) is 41.1 Å². The lowest BCUT2D eigenvalue weighted by molar-refractivity contribution is -0.666. The molecule has 0 bridgehead atoms. The average molecular weight is 1290 g/mol. The van der Waals surface area contributed by atoms with Gasteiger partial charge in [0.2, 0.25) is 34.2 Å². The molecule has 95 heavy (non-hydrogen) atoms. The maximum atomic E-state index is 7.82. The Hall–Kier alpha value is -9.78. The van der Waals surface area contributed by atoms with Gasteiger partial charge in [0.1, 0.15) is 42.3 Å². The van der Waals surface area contributed by atoms with Gasteiger partial charge in [0, 0.05) is 153 Å². The molecule has 0 N–H and O–H groups in total. The first-order valence-corrected chi connectivity index (χ1v) is 30.8. The summed E-state index contributed by atoms with van der Waals surface area (Å²) in [5.74, 6) is 0. The van der Waals surface area contributed by atoms with Gasteiger partial charge in [-0.2, -0.15) is 4.57 Å². The highest BCUT2D eigenvalue weighted by Gasteiger charge is 2.19. The van der Waals surface area contributed by atoms with E-state index in [0.717, 1.165) is 95.2 Å². The van der Waals surface area contributed by atoms with Crippen molar-refractivity contribution in [2.75, 3.05) is 0 Å². The average Bonchev–Trinajstić information content (AvgIpc) is 0.746. The highest BCUT2D eigenvalue weighted by molar-refractivity contribution is 5.67. The van der Waals surface area contributed by atoms with E-state index in [9.17, 15) is 0 Å². The van der Waals surface area contributed by atoms with Crippen molar-refractivity contribution < 1.29 is 68.5 Å². The molecule has 0 radical (unpaired) electrons. The standard InChI is InChI=1S/5C15H18N.C14H16N/c1-11-5-7-14(13(3)9-11)15-8-6-12(2)10-16(15)4;1-11-5-6-14(13(3)9-11)15-10-12(2)7-8-16(15)4;1-11-7-8-14(13(3)10-11)15-12(2)6-5-9-16(15)4;1-11-8-9-14(12(2)10-11)15-7-5-6-13(3)16(15)4;1-11-9-10-16(4)15(13(11)3)14-8-6-5-7-12(14)2;1-11-7-8-13(12(2)10-11)14-6-4-5-9-15(14)3/h5*5-10H,1-4H3;4-10H,1-3H3/q6*+1/i3*1D3,2D3;1D3;1D3,3D3;1D3. The molecule has 0 spiro atoms. The zero-order valence-electron chi connectivity index (χ0n) is 86.5. The number of hydrogen-bond acceptors (Lipinski definition) is 0. The SMILES string of the molecule is [2H]C([2H])([2H])c1cc[n+](C)c(-c2ccccc2C)c1C([2H])([2H])[2H].[2H]C([2H])([2H])c1ccc(-c2c(C([2H])([2H])[2H])ccc[n+]2C)c(C)c1.[2H]C([2H])([2H])c1ccc(-c2cc(C([2H])([2H])[2H])cc[n+]2C)c(C)c1.[2H]C([2H])([2H])c1ccc(-c2ccc(C([2H])([2H])[2H])c[n+]2C)c(C)c1.[2H]C([2H])([2H])c1ccc(-c2cccc(C)[n+]2C)c(C)c1.[2H]C([2H])([2H])c1ccc(-c2cccc[n+]2C)c(C)c1. The van der Waals surface area contributed by atoms with Crippen LogP contribution in [-0.2, 0) is 42.3 Å². The molecule has 0 atom stereocenters. The Morgan fingerprint density at radius 2 is 0.663 bits per heavy atom. The summed E-state index contributed by atoms with van der Waals surface area (Å²) >= 11 is 0. The minimum absolute atomic E-state index is 0.105. The van der Waals surface area contributed by atoms with Gasteiger partial charge in [-0.1, -0.05) is 107 Å². The van der Waals surface area contributed by atoms with Crippen LogP contribution in [0.2, 0.25) is 0 Å². The van der Waals surface area contributed by atoms with Gasteiger partial charge in [0.15, 0.2) is 36.7 Å². The van der Waals surface area contributed by atoms with Crippen LogP contribution in [0.4, 0.5) is 0 Å². The smallest absolute Gasteiger partial charge is 0.201 e. The third kappa shape index (κ3) is 19.2. The molecule has 0 saturated carbocycles. The minimum atomic E-state index is -2.51. The van der Waals surface area contributed by atoms with E-state index in [1.807, 2.05) is 138 Å². The Bertz CT molecular complexity index is 5760. The van der Waals surface area contributed by atoms with Crippen LogP contribution in [0.25, 0.3) is 67.5 Å². The van der Waals surface area contributed by atoms with Gasteiger partial charge < -0.3 is 0 Å². The zero-order valence-corrected chi connectivity index (χ0v) is 56.5. The lowest BCUT2D eigenvalue weighted by Crippen LogP contribution is -2.34. The van der Waals surface area contributed by atoms with Crippen LogP contribution in [0.3, 0.4) is 0 Å². The van der Waals surface area contributed by atoms with Crippen LogP contribution in [0.5, 0.6) is 0 Å². The normalized spacial score (nSPS) is 16.5. The lowest BCUT2D eigenvalue weighted by atomic mass is 9.99. The highest BCUT2D eigenvalue weighted by Crippen LogP contribution is 2.28. The Balaban J connectivity index is 0.000000206. The predicted molar refractivity (Wildman–Crippen MR) is 399 cm³/mol. The molecule has 6 aromatic carbocycles. The first-order valence-electron chi connectivity index (χ1n) is 45.8. The van der Waals surface area contributed by atoms with Crippen molar-refractivity contribution in [3.8, 4) is 67.5 Å². The van der Waals surface area contributed by atoms with Gasteiger partial charge in [0.25, 0.3) is 0 Å². The maximum absolute atomic E-state index is 7.82. The molecule has 0 fully saturated rings. The monoisotopic (exact) mass is 1290 g/mol. The molecule has 6 heterocycles. The molecule has 486 valence electrons. The fourth-order valence-electron chi connectivity index (χ4n) is 11.0. The van der Waals surface area contributed by atoms with Crippen LogP contribution >= 0.6 is 0 Å². The first-order chi connectivity index (χ1) is 57.2. The summed E-state index contributed by atoms with van der Waals surface area (Å²) in [5.41, 5.74) is 18.6. The van der Waals surface area contributed by atoms with E-state index in [-0.39, 0.29) is 38.9 Å². The summed E-state index contributed by atoms with van der Waals surface area (Å²) in [4.78, 5) is 0. The van der Waals surface area contributed by atoms with Gasteiger partial charge in [0.05, 0.1) is 0 Å². The Kier molecular flexibility index (Phi) is 14.4. The second-order valence-electron chi connectivity index (χ2n) is 23.5. The molecule has 12 rings (SSSR count). The Morgan fingerprint density at radius 3 is 1.17 bits per heavy atom. The molecule has 6 heteroatoms. The molecule has 0 aliphatic rings. The summed E-state index contributed by atoms with van der Waals surface area (Å²) in [6, 6.07) is 56.0. The van der Waals surface area contributed by atoms with Gasteiger partial charge in [-0.25, -0.2) is 22.8 Å².